The predicted octanol–water partition coefficient (Wildman–Crippen LogP) is 4.85. The molecule has 1 aliphatic carbocycles. The molecule has 2 rings (SSSR count). The maximum absolute atomic E-state index is 13.2. The zero-order valence-electron chi connectivity index (χ0n) is 11.8. The van der Waals surface area contributed by atoms with Gasteiger partial charge in [-0.3, -0.25) is 5.32 Å². The summed E-state index contributed by atoms with van der Waals surface area (Å²) in [6.07, 6.45) is 0.647. The molecule has 1 unspecified atom stereocenters. The molecule has 0 saturated heterocycles. The second-order valence-corrected chi connectivity index (χ2v) is 5.68. The molecule has 1 saturated carbocycles. The predicted molar refractivity (Wildman–Crippen MR) is 74.4 cm³/mol. The second kappa shape index (κ2) is 6.61. The maximum Gasteiger partial charge on any atom is 0.407 e. The Morgan fingerprint density at radius 1 is 1.10 bits per heavy atom. The molecule has 20 heavy (non-hydrogen) atoms. The van der Waals surface area contributed by atoms with Gasteiger partial charge in [0, 0.05) is 6.04 Å². The van der Waals surface area contributed by atoms with Gasteiger partial charge >= 0.3 is 6.18 Å². The molecular formula is C16H22F3N. The zero-order valence-corrected chi connectivity index (χ0v) is 11.8. The fourth-order valence-electron chi connectivity index (χ4n) is 3.00. The van der Waals surface area contributed by atoms with Gasteiger partial charge in [-0.25, -0.2) is 0 Å². The number of benzene rings is 1. The van der Waals surface area contributed by atoms with Gasteiger partial charge in [-0.1, -0.05) is 43.7 Å². The monoisotopic (exact) mass is 285 g/mol. The topological polar surface area (TPSA) is 12.0 Å². The molecule has 1 atom stereocenters. The van der Waals surface area contributed by atoms with Crippen molar-refractivity contribution in [2.24, 2.45) is 5.92 Å². The largest absolute Gasteiger partial charge is 0.407 e. The molecule has 0 aromatic heterocycles. The Bertz CT molecular complexity index is 394. The van der Waals surface area contributed by atoms with Crippen LogP contribution in [0.25, 0.3) is 0 Å². The van der Waals surface area contributed by atoms with Crippen molar-refractivity contribution in [3.05, 3.63) is 35.9 Å². The van der Waals surface area contributed by atoms with E-state index in [2.05, 4.69) is 12.2 Å². The first kappa shape index (κ1) is 15.4. The highest BCUT2D eigenvalue weighted by molar-refractivity contribution is 5.20. The lowest BCUT2D eigenvalue weighted by Crippen LogP contribution is -2.42. The van der Waals surface area contributed by atoms with Crippen molar-refractivity contribution in [2.45, 2.75) is 57.3 Å². The minimum atomic E-state index is -4.25. The third-order valence-corrected chi connectivity index (χ3v) is 4.29. The molecule has 4 heteroatoms. The Labute approximate surface area is 118 Å². The lowest BCUT2D eigenvalue weighted by molar-refractivity contribution is -0.160. The molecule has 0 heterocycles. The van der Waals surface area contributed by atoms with E-state index in [9.17, 15) is 13.2 Å². The van der Waals surface area contributed by atoms with Gasteiger partial charge in [0.05, 0.1) is 0 Å². The van der Waals surface area contributed by atoms with Gasteiger partial charge in [0.15, 0.2) is 0 Å². The Hall–Kier alpha value is -1.03. The fourth-order valence-corrected chi connectivity index (χ4v) is 3.00. The molecular weight excluding hydrogens is 263 g/mol. The van der Waals surface area contributed by atoms with Gasteiger partial charge in [-0.2, -0.15) is 13.2 Å². The molecule has 1 aliphatic rings. The van der Waals surface area contributed by atoms with E-state index in [1.54, 1.807) is 30.3 Å². The first-order valence-corrected chi connectivity index (χ1v) is 7.38. The molecule has 1 nitrogen and oxygen atoms in total. The Morgan fingerprint density at radius 2 is 1.70 bits per heavy atom. The summed E-state index contributed by atoms with van der Waals surface area (Å²) in [6, 6.07) is 6.57. The van der Waals surface area contributed by atoms with Crippen LogP contribution in [0.15, 0.2) is 30.3 Å². The van der Waals surface area contributed by atoms with E-state index in [4.69, 9.17) is 0 Å². The average Bonchev–Trinajstić information content (AvgIpc) is 2.45. The van der Waals surface area contributed by atoms with Crippen LogP contribution in [0.5, 0.6) is 0 Å². The van der Waals surface area contributed by atoms with Crippen LogP contribution < -0.4 is 5.32 Å². The van der Waals surface area contributed by atoms with Crippen molar-refractivity contribution in [3.8, 4) is 0 Å². The summed E-state index contributed by atoms with van der Waals surface area (Å²) in [5.74, 6) is 0.689. The minimum Gasteiger partial charge on any atom is -0.300 e. The molecule has 0 amide bonds. The highest BCUT2D eigenvalue weighted by Gasteiger charge is 2.42. The van der Waals surface area contributed by atoms with E-state index in [-0.39, 0.29) is 6.04 Å². The summed E-state index contributed by atoms with van der Waals surface area (Å²) in [6.45, 7) is 2.15. The van der Waals surface area contributed by atoms with E-state index in [0.717, 1.165) is 32.1 Å². The van der Waals surface area contributed by atoms with Crippen LogP contribution in [0.1, 0.15) is 50.6 Å². The van der Waals surface area contributed by atoms with Gasteiger partial charge < -0.3 is 0 Å². The van der Waals surface area contributed by atoms with Gasteiger partial charge in [0.1, 0.15) is 6.04 Å². The molecule has 0 bridgehead atoms. The van der Waals surface area contributed by atoms with E-state index >= 15 is 0 Å². The van der Waals surface area contributed by atoms with Gasteiger partial charge in [0.2, 0.25) is 0 Å². The molecule has 1 aromatic rings. The summed E-state index contributed by atoms with van der Waals surface area (Å²) in [7, 11) is 0. The number of hydrogen-bond donors (Lipinski definition) is 1. The molecule has 0 aliphatic heterocycles. The maximum atomic E-state index is 13.2. The Morgan fingerprint density at radius 3 is 2.20 bits per heavy atom. The summed E-state index contributed by atoms with van der Waals surface area (Å²) in [5, 5.41) is 2.83. The molecule has 0 spiro atoms. The lowest BCUT2D eigenvalue weighted by Gasteiger charge is -2.32. The van der Waals surface area contributed by atoms with Crippen LogP contribution >= 0.6 is 0 Å². The molecule has 112 valence electrons. The van der Waals surface area contributed by atoms with Crippen LogP contribution in [0.2, 0.25) is 0 Å². The number of hydrogen-bond acceptors (Lipinski definition) is 1. The standard InChI is InChI=1S/C16H22F3N/c1-2-12-8-10-14(11-9-12)20-15(16(17,18)19)13-6-4-3-5-7-13/h3-7,12,14-15,20H,2,8-11H2,1H3. The van der Waals surface area contributed by atoms with Crippen LogP contribution in [0.4, 0.5) is 13.2 Å². The summed E-state index contributed by atoms with van der Waals surface area (Å²) in [5.41, 5.74) is 0.303. The van der Waals surface area contributed by atoms with Crippen LogP contribution in [0.3, 0.4) is 0 Å². The second-order valence-electron chi connectivity index (χ2n) is 5.68. The number of alkyl halides is 3. The van der Waals surface area contributed by atoms with E-state index < -0.39 is 12.2 Å². The summed E-state index contributed by atoms with van der Waals surface area (Å²) in [4.78, 5) is 0. The van der Waals surface area contributed by atoms with E-state index in [1.165, 1.54) is 0 Å². The first-order valence-electron chi connectivity index (χ1n) is 7.38. The van der Waals surface area contributed by atoms with Gasteiger partial charge in [0.25, 0.3) is 0 Å². The fraction of sp³-hybridized carbons (Fsp3) is 0.625. The SMILES string of the molecule is CCC1CCC(NC(c2ccccc2)C(F)(F)F)CC1. The third-order valence-electron chi connectivity index (χ3n) is 4.29. The highest BCUT2D eigenvalue weighted by atomic mass is 19.4. The molecule has 0 radical (unpaired) electrons. The van der Waals surface area contributed by atoms with Crippen molar-refractivity contribution < 1.29 is 13.2 Å². The van der Waals surface area contributed by atoms with Crippen LogP contribution in [-0.2, 0) is 0 Å². The molecule has 1 aromatic carbocycles. The van der Waals surface area contributed by atoms with Gasteiger partial charge in [-0.15, -0.1) is 0 Å². The minimum absolute atomic E-state index is 0.0235. The quantitative estimate of drug-likeness (QED) is 0.834. The summed E-state index contributed by atoms with van der Waals surface area (Å²) < 4.78 is 39.7. The lowest BCUT2D eigenvalue weighted by atomic mass is 9.84. The molecule has 1 N–H and O–H groups in total. The van der Waals surface area contributed by atoms with Crippen molar-refractivity contribution in [2.75, 3.05) is 0 Å². The number of rotatable bonds is 4. The van der Waals surface area contributed by atoms with Crippen molar-refractivity contribution in [3.63, 3.8) is 0 Å². The van der Waals surface area contributed by atoms with Crippen molar-refractivity contribution >= 4 is 0 Å². The van der Waals surface area contributed by atoms with Crippen molar-refractivity contribution in [1.82, 2.24) is 5.32 Å². The first-order chi connectivity index (χ1) is 9.50. The Kier molecular flexibility index (Phi) is 5.08. The summed E-state index contributed by atoms with van der Waals surface area (Å²) >= 11 is 0. The zero-order chi connectivity index (χ0) is 14.6. The smallest absolute Gasteiger partial charge is 0.300 e. The normalized spacial score (nSPS) is 25.4. The number of halogens is 3. The Balaban J connectivity index is 2.03. The highest BCUT2D eigenvalue weighted by Crippen LogP contribution is 2.35. The third kappa shape index (κ3) is 3.98. The van der Waals surface area contributed by atoms with E-state index in [1.807, 2.05) is 0 Å². The van der Waals surface area contributed by atoms with Crippen molar-refractivity contribution in [1.29, 1.82) is 0 Å². The average molecular weight is 285 g/mol. The van der Waals surface area contributed by atoms with Gasteiger partial charge in [-0.05, 0) is 37.2 Å². The molecule has 1 fully saturated rings. The van der Waals surface area contributed by atoms with Crippen LogP contribution in [-0.4, -0.2) is 12.2 Å². The van der Waals surface area contributed by atoms with E-state index in [0.29, 0.717) is 11.5 Å². The number of nitrogens with one attached hydrogen (secondary N) is 1. The van der Waals surface area contributed by atoms with Crippen LogP contribution in [0, 0.1) is 5.92 Å².